The van der Waals surface area contributed by atoms with Gasteiger partial charge in [-0.2, -0.15) is 0 Å². The molecule has 28 heavy (non-hydrogen) atoms. The largest absolute Gasteiger partial charge is 0.492 e. The third kappa shape index (κ3) is 3.35. The number of methoxy groups -OCH3 is 1. The second-order valence-corrected chi connectivity index (χ2v) is 8.04. The molecule has 0 fully saturated rings. The van der Waals surface area contributed by atoms with Crippen LogP contribution in [-0.4, -0.2) is 24.8 Å². The summed E-state index contributed by atoms with van der Waals surface area (Å²) in [4.78, 5) is 11.0. The third-order valence-corrected chi connectivity index (χ3v) is 5.94. The molecule has 2 aromatic carbocycles. The molecule has 5 heteroatoms. The van der Waals surface area contributed by atoms with Crippen molar-refractivity contribution < 1.29 is 24.1 Å². The second kappa shape index (κ2) is 7.13. The molecule has 148 valence electrons. The predicted octanol–water partition coefficient (Wildman–Crippen LogP) is 4.59. The molecule has 0 aromatic heterocycles. The van der Waals surface area contributed by atoms with Crippen molar-refractivity contribution in [3.05, 3.63) is 58.7 Å². The molecule has 0 radical (unpaired) electrons. The molecular formula is C23H26O5. The Kier molecular flexibility index (Phi) is 4.79. The van der Waals surface area contributed by atoms with Crippen molar-refractivity contribution in [3.63, 3.8) is 0 Å². The van der Waals surface area contributed by atoms with Gasteiger partial charge in [0.2, 0.25) is 0 Å². The number of hydrogen-bond acceptors (Lipinski definition) is 4. The van der Waals surface area contributed by atoms with Gasteiger partial charge in [0.05, 0.1) is 18.6 Å². The summed E-state index contributed by atoms with van der Waals surface area (Å²) < 4.78 is 17.7. The van der Waals surface area contributed by atoms with Crippen molar-refractivity contribution in [1.82, 2.24) is 0 Å². The number of hydrogen-bond donors (Lipinski definition) is 1. The molecule has 2 atom stereocenters. The summed E-state index contributed by atoms with van der Waals surface area (Å²) in [5.41, 5.74) is 4.37. The molecule has 1 N–H and O–H groups in total. The van der Waals surface area contributed by atoms with Crippen LogP contribution in [0.1, 0.15) is 61.0 Å². The number of rotatable bonds is 6. The average Bonchev–Trinajstić information content (AvgIpc) is 3.25. The van der Waals surface area contributed by atoms with Crippen LogP contribution >= 0.6 is 0 Å². The SMILES string of the molecule is COC(C)(C)c1cccc2c1CC[C@H]2Oc1ccc2c(c1)OC[C@H]2CC(=O)O. The Hall–Kier alpha value is -2.53. The van der Waals surface area contributed by atoms with Gasteiger partial charge in [-0.1, -0.05) is 24.3 Å². The Labute approximate surface area is 165 Å². The van der Waals surface area contributed by atoms with Crippen molar-refractivity contribution in [3.8, 4) is 11.5 Å². The summed E-state index contributed by atoms with van der Waals surface area (Å²) in [5, 5.41) is 9.05. The first-order chi connectivity index (χ1) is 13.4. The van der Waals surface area contributed by atoms with Gasteiger partial charge >= 0.3 is 5.97 Å². The van der Waals surface area contributed by atoms with Crippen LogP contribution in [0.3, 0.4) is 0 Å². The molecule has 0 unspecified atom stereocenters. The van der Waals surface area contributed by atoms with Crippen molar-refractivity contribution >= 4 is 5.97 Å². The van der Waals surface area contributed by atoms with Gasteiger partial charge < -0.3 is 19.3 Å². The Morgan fingerprint density at radius 1 is 1.25 bits per heavy atom. The highest BCUT2D eigenvalue weighted by atomic mass is 16.5. The van der Waals surface area contributed by atoms with E-state index in [9.17, 15) is 4.79 Å². The summed E-state index contributed by atoms with van der Waals surface area (Å²) in [7, 11) is 1.74. The molecule has 5 nitrogen and oxygen atoms in total. The van der Waals surface area contributed by atoms with E-state index < -0.39 is 5.97 Å². The van der Waals surface area contributed by atoms with Gasteiger partial charge in [-0.05, 0) is 49.4 Å². The van der Waals surface area contributed by atoms with Crippen LogP contribution in [0.25, 0.3) is 0 Å². The minimum Gasteiger partial charge on any atom is -0.492 e. The van der Waals surface area contributed by atoms with Crippen molar-refractivity contribution in [2.24, 2.45) is 0 Å². The maximum absolute atomic E-state index is 11.0. The van der Waals surface area contributed by atoms with Crippen molar-refractivity contribution in [2.45, 2.75) is 50.7 Å². The first-order valence-electron chi connectivity index (χ1n) is 9.71. The molecular weight excluding hydrogens is 356 g/mol. The summed E-state index contributed by atoms with van der Waals surface area (Å²) in [5.74, 6) is 0.590. The number of fused-ring (bicyclic) bond motifs is 2. The lowest BCUT2D eigenvalue weighted by Gasteiger charge is -2.26. The van der Waals surface area contributed by atoms with Crippen LogP contribution in [0.2, 0.25) is 0 Å². The van der Waals surface area contributed by atoms with E-state index in [4.69, 9.17) is 19.3 Å². The lowest BCUT2D eigenvalue weighted by atomic mass is 9.91. The van der Waals surface area contributed by atoms with Crippen LogP contribution in [0, 0.1) is 0 Å². The zero-order chi connectivity index (χ0) is 19.9. The fourth-order valence-corrected chi connectivity index (χ4v) is 4.29. The molecule has 0 saturated carbocycles. The highest BCUT2D eigenvalue weighted by Gasteiger charge is 2.32. The number of ether oxygens (including phenoxy) is 3. The van der Waals surface area contributed by atoms with Crippen molar-refractivity contribution in [2.75, 3.05) is 13.7 Å². The first kappa shape index (κ1) is 18.8. The third-order valence-electron chi connectivity index (χ3n) is 5.94. The standard InChI is InChI=1S/C23H26O5/c1-23(2,26-3)19-6-4-5-18-17(19)9-10-20(18)28-15-7-8-16-14(11-22(24)25)13-27-21(16)12-15/h4-8,12,14,20H,9-11,13H2,1-3H3,(H,24,25)/t14-,20-/m1/s1. The molecule has 2 aromatic rings. The minimum absolute atomic E-state index is 0.00289. The van der Waals surface area contributed by atoms with Crippen LogP contribution in [0.4, 0.5) is 0 Å². The van der Waals surface area contributed by atoms with Crippen molar-refractivity contribution in [1.29, 1.82) is 0 Å². The molecule has 1 aliphatic carbocycles. The topological polar surface area (TPSA) is 65.0 Å². The van der Waals surface area contributed by atoms with Gasteiger partial charge in [0.15, 0.2) is 0 Å². The van der Waals surface area contributed by atoms with Crippen LogP contribution in [0.5, 0.6) is 11.5 Å². The maximum atomic E-state index is 11.0. The lowest BCUT2D eigenvalue weighted by molar-refractivity contribution is -0.137. The fraction of sp³-hybridized carbons (Fsp3) is 0.435. The molecule has 1 heterocycles. The second-order valence-electron chi connectivity index (χ2n) is 8.04. The van der Waals surface area contributed by atoms with E-state index in [0.29, 0.717) is 6.61 Å². The Morgan fingerprint density at radius 3 is 2.82 bits per heavy atom. The monoisotopic (exact) mass is 382 g/mol. The Bertz CT molecular complexity index is 902. The number of benzene rings is 2. The number of carbonyl (C=O) groups is 1. The van der Waals surface area contributed by atoms with E-state index in [1.165, 1.54) is 16.7 Å². The smallest absolute Gasteiger partial charge is 0.304 e. The summed E-state index contributed by atoms with van der Waals surface area (Å²) in [6, 6.07) is 12.1. The predicted molar refractivity (Wildman–Crippen MR) is 105 cm³/mol. The fourth-order valence-electron chi connectivity index (χ4n) is 4.29. The van der Waals surface area contributed by atoms with E-state index >= 15 is 0 Å². The van der Waals surface area contributed by atoms with E-state index in [1.54, 1.807) is 7.11 Å². The van der Waals surface area contributed by atoms with E-state index in [0.717, 1.165) is 29.9 Å². The van der Waals surface area contributed by atoms with E-state index in [2.05, 4.69) is 32.0 Å². The summed E-state index contributed by atoms with van der Waals surface area (Å²) in [6.45, 7) is 4.58. The van der Waals surface area contributed by atoms with Crippen LogP contribution < -0.4 is 9.47 Å². The van der Waals surface area contributed by atoms with E-state index in [-0.39, 0.29) is 24.0 Å². The molecule has 0 spiro atoms. The first-order valence-corrected chi connectivity index (χ1v) is 9.71. The number of carboxylic acids is 1. The number of carboxylic acid groups (broad SMARTS) is 1. The van der Waals surface area contributed by atoms with Crippen LogP contribution in [0.15, 0.2) is 36.4 Å². The minimum atomic E-state index is -0.806. The zero-order valence-electron chi connectivity index (χ0n) is 16.5. The Balaban J connectivity index is 1.55. The van der Waals surface area contributed by atoms with E-state index in [1.807, 2.05) is 18.2 Å². The summed E-state index contributed by atoms with van der Waals surface area (Å²) >= 11 is 0. The number of aliphatic carboxylic acids is 1. The van der Waals surface area contributed by atoms with Gasteiger partial charge in [0.1, 0.15) is 17.6 Å². The molecule has 0 bridgehead atoms. The normalized spacial score (nSPS) is 20.4. The lowest BCUT2D eigenvalue weighted by Crippen LogP contribution is -2.21. The zero-order valence-corrected chi connectivity index (χ0v) is 16.5. The summed E-state index contributed by atoms with van der Waals surface area (Å²) in [6.07, 6.45) is 1.97. The van der Waals surface area contributed by atoms with Crippen LogP contribution in [-0.2, 0) is 21.6 Å². The van der Waals surface area contributed by atoms with Gasteiger partial charge in [-0.15, -0.1) is 0 Å². The average molecular weight is 382 g/mol. The highest BCUT2D eigenvalue weighted by molar-refractivity contribution is 5.68. The van der Waals surface area contributed by atoms with Gasteiger partial charge in [-0.3, -0.25) is 4.79 Å². The molecule has 4 rings (SSSR count). The molecule has 2 aliphatic rings. The van der Waals surface area contributed by atoms with Gasteiger partial charge in [0.25, 0.3) is 0 Å². The Morgan fingerprint density at radius 2 is 2.07 bits per heavy atom. The molecule has 1 aliphatic heterocycles. The van der Waals surface area contributed by atoms with Gasteiger partial charge in [-0.25, -0.2) is 0 Å². The molecule has 0 amide bonds. The highest BCUT2D eigenvalue weighted by Crippen LogP contribution is 2.43. The molecule has 0 saturated heterocycles. The van der Waals surface area contributed by atoms with Gasteiger partial charge in [0, 0.05) is 24.7 Å². The quantitative estimate of drug-likeness (QED) is 0.792. The maximum Gasteiger partial charge on any atom is 0.304 e.